The van der Waals surface area contributed by atoms with Gasteiger partial charge in [0.1, 0.15) is 0 Å². The smallest absolute Gasteiger partial charge is 0.328 e. The molecule has 0 radical (unpaired) electrons. The molecule has 1 aliphatic rings. The molecule has 5 nitrogen and oxygen atoms in total. The van der Waals surface area contributed by atoms with Crippen LogP contribution in [0.5, 0.6) is 0 Å². The van der Waals surface area contributed by atoms with Crippen LogP contribution in [0.25, 0.3) is 6.08 Å². The fourth-order valence-corrected chi connectivity index (χ4v) is 1.58. The van der Waals surface area contributed by atoms with Gasteiger partial charge in [0.15, 0.2) is 0 Å². The first kappa shape index (κ1) is 13.1. The molecule has 0 heterocycles. The minimum atomic E-state index is -0.985. The lowest BCUT2D eigenvalue weighted by atomic mass is 10.2. The molecule has 0 aromatic heterocycles. The standard InChI is InChI=1S/C14H16N2O3/c17-13(18)8-5-10-3-6-12(7-4-10)16-14(19)15-9-11-1-2-11/h3-8,11H,1-2,9H2,(H,17,18)(H2,15,16,19)/b8-5+. The van der Waals surface area contributed by atoms with Crippen LogP contribution in [0.3, 0.4) is 0 Å². The lowest BCUT2D eigenvalue weighted by Gasteiger charge is -2.07. The Labute approximate surface area is 111 Å². The molecule has 0 spiro atoms. The molecular weight excluding hydrogens is 244 g/mol. The summed E-state index contributed by atoms with van der Waals surface area (Å²) in [4.78, 5) is 21.9. The van der Waals surface area contributed by atoms with E-state index in [1.807, 2.05) is 0 Å². The average molecular weight is 260 g/mol. The molecule has 2 rings (SSSR count). The van der Waals surface area contributed by atoms with E-state index in [4.69, 9.17) is 5.11 Å². The third-order valence-corrected chi connectivity index (χ3v) is 2.84. The predicted octanol–water partition coefficient (Wildman–Crippen LogP) is 2.32. The number of aliphatic carboxylic acids is 1. The molecule has 0 bridgehead atoms. The van der Waals surface area contributed by atoms with E-state index in [9.17, 15) is 9.59 Å². The van der Waals surface area contributed by atoms with Crippen molar-refractivity contribution in [2.45, 2.75) is 12.8 Å². The van der Waals surface area contributed by atoms with Gasteiger partial charge in [-0.15, -0.1) is 0 Å². The van der Waals surface area contributed by atoms with Crippen LogP contribution in [0, 0.1) is 5.92 Å². The Morgan fingerprint density at radius 3 is 2.53 bits per heavy atom. The lowest BCUT2D eigenvalue weighted by molar-refractivity contribution is -0.131. The highest BCUT2D eigenvalue weighted by Crippen LogP contribution is 2.27. The number of hydrogen-bond acceptors (Lipinski definition) is 2. The number of anilines is 1. The van der Waals surface area contributed by atoms with Crippen molar-refractivity contribution in [2.75, 3.05) is 11.9 Å². The average Bonchev–Trinajstić information content (AvgIpc) is 3.19. The summed E-state index contributed by atoms with van der Waals surface area (Å²) in [6.07, 6.45) is 4.97. The molecule has 0 atom stereocenters. The Morgan fingerprint density at radius 1 is 1.26 bits per heavy atom. The molecule has 19 heavy (non-hydrogen) atoms. The molecule has 0 saturated heterocycles. The van der Waals surface area contributed by atoms with Crippen molar-refractivity contribution in [3.8, 4) is 0 Å². The normalized spacial score (nSPS) is 14.3. The summed E-state index contributed by atoms with van der Waals surface area (Å²) in [5.74, 6) is -0.337. The molecule has 3 N–H and O–H groups in total. The Kier molecular flexibility index (Phi) is 4.18. The molecule has 1 fully saturated rings. The molecule has 2 amide bonds. The number of hydrogen-bond donors (Lipinski definition) is 3. The second-order valence-corrected chi connectivity index (χ2v) is 4.57. The summed E-state index contributed by atoms with van der Waals surface area (Å²) in [5, 5.41) is 14.0. The van der Waals surface area contributed by atoms with Gasteiger partial charge in [-0.2, -0.15) is 0 Å². The first-order valence-electron chi connectivity index (χ1n) is 6.19. The molecular formula is C14H16N2O3. The number of benzene rings is 1. The number of amides is 2. The van der Waals surface area contributed by atoms with Crippen LogP contribution in [-0.4, -0.2) is 23.7 Å². The van der Waals surface area contributed by atoms with Crippen LogP contribution in [-0.2, 0) is 4.79 Å². The van der Waals surface area contributed by atoms with E-state index in [0.29, 0.717) is 11.6 Å². The maximum Gasteiger partial charge on any atom is 0.328 e. The van der Waals surface area contributed by atoms with Gasteiger partial charge in [0, 0.05) is 18.3 Å². The molecule has 0 unspecified atom stereocenters. The van der Waals surface area contributed by atoms with Crippen molar-refractivity contribution in [3.63, 3.8) is 0 Å². The van der Waals surface area contributed by atoms with Crippen molar-refractivity contribution in [3.05, 3.63) is 35.9 Å². The number of rotatable bonds is 5. The summed E-state index contributed by atoms with van der Waals surface area (Å²) in [6, 6.07) is 6.75. The van der Waals surface area contributed by atoms with Crippen molar-refractivity contribution in [1.29, 1.82) is 0 Å². The summed E-state index contributed by atoms with van der Waals surface area (Å²) < 4.78 is 0. The van der Waals surface area contributed by atoms with E-state index in [0.717, 1.165) is 18.2 Å². The van der Waals surface area contributed by atoms with Gasteiger partial charge in [0.2, 0.25) is 0 Å². The first-order chi connectivity index (χ1) is 9.13. The highest BCUT2D eigenvalue weighted by molar-refractivity contribution is 5.89. The fourth-order valence-electron chi connectivity index (χ4n) is 1.58. The summed E-state index contributed by atoms with van der Waals surface area (Å²) >= 11 is 0. The summed E-state index contributed by atoms with van der Waals surface area (Å²) in [7, 11) is 0. The quantitative estimate of drug-likeness (QED) is 0.711. The van der Waals surface area contributed by atoms with Gasteiger partial charge in [-0.25, -0.2) is 9.59 Å². The van der Waals surface area contributed by atoms with E-state index >= 15 is 0 Å². The van der Waals surface area contributed by atoms with Gasteiger partial charge in [0.05, 0.1) is 0 Å². The zero-order valence-corrected chi connectivity index (χ0v) is 10.4. The third-order valence-electron chi connectivity index (χ3n) is 2.84. The third kappa shape index (κ3) is 4.83. The van der Waals surface area contributed by atoms with Gasteiger partial charge >= 0.3 is 12.0 Å². The zero-order chi connectivity index (χ0) is 13.7. The van der Waals surface area contributed by atoms with Crippen LogP contribution in [0.4, 0.5) is 10.5 Å². The van der Waals surface area contributed by atoms with Gasteiger partial charge in [-0.1, -0.05) is 12.1 Å². The van der Waals surface area contributed by atoms with Crippen LogP contribution >= 0.6 is 0 Å². The topological polar surface area (TPSA) is 78.4 Å². The number of carbonyl (C=O) groups is 2. The Morgan fingerprint density at radius 2 is 1.95 bits per heavy atom. The van der Waals surface area contributed by atoms with E-state index in [1.165, 1.54) is 18.9 Å². The van der Waals surface area contributed by atoms with Gasteiger partial charge in [-0.05, 0) is 42.5 Å². The monoisotopic (exact) mass is 260 g/mol. The van der Waals surface area contributed by atoms with E-state index in [2.05, 4.69) is 10.6 Å². The Balaban J connectivity index is 1.83. The van der Waals surface area contributed by atoms with Crippen molar-refractivity contribution >= 4 is 23.8 Å². The van der Waals surface area contributed by atoms with Crippen LogP contribution in [0.1, 0.15) is 18.4 Å². The van der Waals surface area contributed by atoms with Gasteiger partial charge in [0.25, 0.3) is 0 Å². The van der Waals surface area contributed by atoms with Crippen LogP contribution in [0.15, 0.2) is 30.3 Å². The minimum Gasteiger partial charge on any atom is -0.478 e. The predicted molar refractivity (Wildman–Crippen MR) is 72.9 cm³/mol. The molecule has 0 aliphatic heterocycles. The Hall–Kier alpha value is -2.30. The maximum absolute atomic E-state index is 11.5. The van der Waals surface area contributed by atoms with E-state index < -0.39 is 5.97 Å². The molecule has 1 aromatic rings. The van der Waals surface area contributed by atoms with E-state index in [1.54, 1.807) is 24.3 Å². The first-order valence-corrected chi connectivity index (χ1v) is 6.19. The SMILES string of the molecule is O=C(O)/C=C/c1ccc(NC(=O)NCC2CC2)cc1. The maximum atomic E-state index is 11.5. The second kappa shape index (κ2) is 6.04. The molecule has 1 saturated carbocycles. The van der Waals surface area contributed by atoms with Gasteiger partial charge in [-0.3, -0.25) is 0 Å². The fraction of sp³-hybridized carbons (Fsp3) is 0.286. The second-order valence-electron chi connectivity index (χ2n) is 4.57. The largest absolute Gasteiger partial charge is 0.478 e. The summed E-state index contributed by atoms with van der Waals surface area (Å²) in [6.45, 7) is 0.727. The Bertz CT molecular complexity index is 490. The van der Waals surface area contributed by atoms with E-state index in [-0.39, 0.29) is 6.03 Å². The van der Waals surface area contributed by atoms with Gasteiger partial charge < -0.3 is 15.7 Å². The highest BCUT2D eigenvalue weighted by Gasteiger charge is 2.21. The zero-order valence-electron chi connectivity index (χ0n) is 10.4. The number of carbonyl (C=O) groups excluding carboxylic acids is 1. The summed E-state index contributed by atoms with van der Waals surface area (Å²) in [5.41, 5.74) is 1.45. The van der Waals surface area contributed by atoms with Crippen molar-refractivity contribution in [2.24, 2.45) is 5.92 Å². The van der Waals surface area contributed by atoms with Crippen molar-refractivity contribution in [1.82, 2.24) is 5.32 Å². The number of carboxylic acid groups (broad SMARTS) is 1. The molecule has 100 valence electrons. The molecule has 5 heteroatoms. The minimum absolute atomic E-state index is 0.208. The van der Waals surface area contributed by atoms with Crippen LogP contribution in [0.2, 0.25) is 0 Å². The number of nitrogens with one attached hydrogen (secondary N) is 2. The molecule has 1 aromatic carbocycles. The molecule has 1 aliphatic carbocycles. The number of carboxylic acids is 1. The van der Waals surface area contributed by atoms with Crippen LogP contribution < -0.4 is 10.6 Å². The lowest BCUT2D eigenvalue weighted by Crippen LogP contribution is -2.30. The number of urea groups is 1. The van der Waals surface area contributed by atoms with Crippen molar-refractivity contribution < 1.29 is 14.7 Å². The highest BCUT2D eigenvalue weighted by atomic mass is 16.4.